The second-order valence-corrected chi connectivity index (χ2v) is 9.38. The SMILES string of the molecule is Cc1cn(CCC(=O)Nc2cc(C(=O)Nc3cc(C(=O)NCCCN(C)C)n(C)c3)n(C)c2)c(=O)[nH]c1=O. The van der Waals surface area contributed by atoms with Crippen molar-refractivity contribution in [1.82, 2.24) is 28.9 Å². The summed E-state index contributed by atoms with van der Waals surface area (Å²) in [7, 11) is 7.34. The standard InChI is InChI=1S/C25H34N8O5/c1-16-13-33(25(38)29-22(16)35)10-7-21(34)27-17-11-20(32(5)14-17)24(37)28-18-12-19(31(4)15-18)23(36)26-8-6-9-30(2)3/h11-15H,6-10H2,1-5H3,(H,26,36)(H,27,34)(H,28,37)(H,29,35,38). The fourth-order valence-electron chi connectivity index (χ4n) is 3.83. The highest BCUT2D eigenvalue weighted by atomic mass is 16.2. The minimum atomic E-state index is -0.585. The van der Waals surface area contributed by atoms with Crippen LogP contribution in [-0.4, -0.2) is 68.5 Å². The first kappa shape index (κ1) is 28.2. The molecule has 3 rings (SSSR count). The second kappa shape index (κ2) is 12.2. The molecule has 3 amide bonds. The summed E-state index contributed by atoms with van der Waals surface area (Å²) in [6, 6.07) is 3.14. The third kappa shape index (κ3) is 7.32. The molecule has 3 aromatic rings. The Bertz CT molecular complexity index is 1440. The lowest BCUT2D eigenvalue weighted by atomic mass is 10.3. The van der Waals surface area contributed by atoms with Gasteiger partial charge in [-0.15, -0.1) is 0 Å². The summed E-state index contributed by atoms with van der Waals surface area (Å²) in [5.74, 6) is -0.996. The Morgan fingerprint density at radius 3 is 2.16 bits per heavy atom. The molecule has 3 heterocycles. The minimum absolute atomic E-state index is 0.00812. The Hall–Kier alpha value is -4.39. The molecule has 0 atom stereocenters. The molecule has 0 unspecified atom stereocenters. The molecule has 0 aromatic carbocycles. The number of aryl methyl sites for hydroxylation is 4. The molecule has 4 N–H and O–H groups in total. The lowest BCUT2D eigenvalue weighted by molar-refractivity contribution is -0.116. The normalized spacial score (nSPS) is 11.0. The first-order valence-electron chi connectivity index (χ1n) is 12.1. The van der Waals surface area contributed by atoms with Crippen LogP contribution in [0.25, 0.3) is 0 Å². The van der Waals surface area contributed by atoms with Crippen LogP contribution >= 0.6 is 0 Å². The molecular weight excluding hydrogens is 492 g/mol. The Labute approximate surface area is 219 Å². The second-order valence-electron chi connectivity index (χ2n) is 9.38. The number of carbonyl (C=O) groups excluding carboxylic acids is 3. The van der Waals surface area contributed by atoms with E-state index in [0.717, 1.165) is 13.0 Å². The fraction of sp³-hybridized carbons (Fsp3) is 0.400. The van der Waals surface area contributed by atoms with Crippen molar-refractivity contribution in [3.8, 4) is 0 Å². The summed E-state index contributed by atoms with van der Waals surface area (Å²) in [5, 5.41) is 8.36. The van der Waals surface area contributed by atoms with Gasteiger partial charge in [-0.1, -0.05) is 0 Å². The molecule has 38 heavy (non-hydrogen) atoms. The van der Waals surface area contributed by atoms with E-state index in [4.69, 9.17) is 0 Å². The van der Waals surface area contributed by atoms with Gasteiger partial charge in [-0.05, 0) is 46.1 Å². The fourth-order valence-corrected chi connectivity index (χ4v) is 3.83. The van der Waals surface area contributed by atoms with Crippen molar-refractivity contribution < 1.29 is 14.4 Å². The van der Waals surface area contributed by atoms with E-state index in [1.807, 2.05) is 19.0 Å². The number of carbonyl (C=O) groups is 3. The predicted molar refractivity (Wildman–Crippen MR) is 144 cm³/mol. The first-order valence-corrected chi connectivity index (χ1v) is 12.1. The Morgan fingerprint density at radius 2 is 1.53 bits per heavy atom. The maximum atomic E-state index is 12.9. The summed E-state index contributed by atoms with van der Waals surface area (Å²) < 4.78 is 4.48. The third-order valence-corrected chi connectivity index (χ3v) is 5.85. The third-order valence-electron chi connectivity index (χ3n) is 5.85. The van der Waals surface area contributed by atoms with E-state index >= 15 is 0 Å². The number of hydrogen-bond donors (Lipinski definition) is 4. The Kier molecular flexibility index (Phi) is 9.07. The summed E-state index contributed by atoms with van der Waals surface area (Å²) in [5.41, 5.74) is 0.917. The monoisotopic (exact) mass is 526 g/mol. The minimum Gasteiger partial charge on any atom is -0.351 e. The number of anilines is 2. The van der Waals surface area contributed by atoms with Crippen molar-refractivity contribution in [2.75, 3.05) is 37.8 Å². The van der Waals surface area contributed by atoms with E-state index in [9.17, 15) is 24.0 Å². The van der Waals surface area contributed by atoms with E-state index in [1.165, 1.54) is 16.8 Å². The van der Waals surface area contributed by atoms with Gasteiger partial charge in [0.05, 0.1) is 11.4 Å². The van der Waals surface area contributed by atoms with Crippen molar-refractivity contribution in [3.05, 3.63) is 68.5 Å². The molecule has 13 nitrogen and oxygen atoms in total. The number of hydrogen-bond acceptors (Lipinski definition) is 6. The lowest BCUT2D eigenvalue weighted by Crippen LogP contribution is -2.31. The van der Waals surface area contributed by atoms with Gasteiger partial charge >= 0.3 is 5.69 Å². The van der Waals surface area contributed by atoms with Crippen molar-refractivity contribution in [2.24, 2.45) is 14.1 Å². The van der Waals surface area contributed by atoms with Crippen LogP contribution in [0, 0.1) is 6.92 Å². The molecule has 0 aliphatic rings. The smallest absolute Gasteiger partial charge is 0.328 e. The molecule has 0 aliphatic heterocycles. The zero-order chi connectivity index (χ0) is 28.0. The van der Waals surface area contributed by atoms with Crippen LogP contribution in [0.3, 0.4) is 0 Å². The quantitative estimate of drug-likeness (QED) is 0.267. The highest BCUT2D eigenvalue weighted by Gasteiger charge is 2.17. The zero-order valence-corrected chi connectivity index (χ0v) is 22.3. The molecular formula is C25H34N8O5. The van der Waals surface area contributed by atoms with Crippen molar-refractivity contribution in [2.45, 2.75) is 26.3 Å². The largest absolute Gasteiger partial charge is 0.351 e. The number of H-pyrrole nitrogens is 1. The average molecular weight is 527 g/mol. The molecule has 3 aromatic heterocycles. The van der Waals surface area contributed by atoms with Gasteiger partial charge in [0, 0.05) is 57.8 Å². The van der Waals surface area contributed by atoms with Gasteiger partial charge in [-0.2, -0.15) is 0 Å². The average Bonchev–Trinajstić information content (AvgIpc) is 3.39. The number of nitrogens with zero attached hydrogens (tertiary/aromatic N) is 4. The topological polar surface area (TPSA) is 155 Å². The van der Waals surface area contributed by atoms with E-state index in [0.29, 0.717) is 34.9 Å². The summed E-state index contributed by atoms with van der Waals surface area (Å²) in [4.78, 5) is 65.4. The van der Waals surface area contributed by atoms with Crippen molar-refractivity contribution in [3.63, 3.8) is 0 Å². The van der Waals surface area contributed by atoms with Gasteiger partial charge in [0.1, 0.15) is 11.4 Å². The van der Waals surface area contributed by atoms with E-state index in [1.54, 1.807) is 48.6 Å². The molecule has 0 aliphatic carbocycles. The summed E-state index contributed by atoms with van der Waals surface area (Å²) in [6.45, 7) is 3.07. The molecule has 0 fully saturated rings. The number of aromatic nitrogens is 4. The Balaban J connectivity index is 1.57. The number of amides is 3. The zero-order valence-electron chi connectivity index (χ0n) is 22.3. The molecule has 0 spiro atoms. The van der Waals surface area contributed by atoms with Crippen LogP contribution in [0.2, 0.25) is 0 Å². The van der Waals surface area contributed by atoms with Crippen LogP contribution in [0.5, 0.6) is 0 Å². The highest BCUT2D eigenvalue weighted by Crippen LogP contribution is 2.17. The molecule has 0 saturated heterocycles. The van der Waals surface area contributed by atoms with Crippen LogP contribution in [-0.2, 0) is 25.4 Å². The number of aromatic amines is 1. The number of rotatable bonds is 11. The lowest BCUT2D eigenvalue weighted by Gasteiger charge is -2.10. The van der Waals surface area contributed by atoms with Crippen LogP contribution in [0.1, 0.15) is 39.4 Å². The van der Waals surface area contributed by atoms with Gasteiger partial charge in [0.2, 0.25) is 5.91 Å². The van der Waals surface area contributed by atoms with E-state index < -0.39 is 17.2 Å². The molecule has 0 bridgehead atoms. The van der Waals surface area contributed by atoms with Gasteiger partial charge < -0.3 is 30.0 Å². The summed E-state index contributed by atoms with van der Waals surface area (Å²) >= 11 is 0. The molecule has 13 heteroatoms. The highest BCUT2D eigenvalue weighted by molar-refractivity contribution is 6.05. The maximum Gasteiger partial charge on any atom is 0.328 e. The van der Waals surface area contributed by atoms with Gasteiger partial charge in [0.25, 0.3) is 17.4 Å². The van der Waals surface area contributed by atoms with Crippen LogP contribution in [0.4, 0.5) is 11.4 Å². The van der Waals surface area contributed by atoms with Gasteiger partial charge in [-0.25, -0.2) is 4.79 Å². The predicted octanol–water partition coefficient (Wildman–Crippen LogP) is 0.485. The van der Waals surface area contributed by atoms with Gasteiger partial charge in [0.15, 0.2) is 0 Å². The van der Waals surface area contributed by atoms with Crippen LogP contribution in [0.15, 0.2) is 40.3 Å². The van der Waals surface area contributed by atoms with Crippen molar-refractivity contribution in [1.29, 1.82) is 0 Å². The number of nitrogens with one attached hydrogen (secondary N) is 4. The van der Waals surface area contributed by atoms with Crippen molar-refractivity contribution >= 4 is 29.1 Å². The van der Waals surface area contributed by atoms with E-state index in [2.05, 4.69) is 20.9 Å². The summed E-state index contributed by atoms with van der Waals surface area (Å²) in [6.07, 6.45) is 5.47. The molecule has 0 saturated carbocycles. The first-order chi connectivity index (χ1) is 17.9. The van der Waals surface area contributed by atoms with Crippen LogP contribution < -0.4 is 27.2 Å². The maximum absolute atomic E-state index is 12.9. The Morgan fingerprint density at radius 1 is 0.921 bits per heavy atom. The molecule has 204 valence electrons. The van der Waals surface area contributed by atoms with Gasteiger partial charge in [-0.3, -0.25) is 28.7 Å². The van der Waals surface area contributed by atoms with E-state index in [-0.39, 0.29) is 24.8 Å². The molecule has 0 radical (unpaired) electrons.